The van der Waals surface area contributed by atoms with Gasteiger partial charge in [0.25, 0.3) is 0 Å². The number of hydrogen-bond donors (Lipinski definition) is 1. The van der Waals surface area contributed by atoms with Gasteiger partial charge in [0, 0.05) is 32.2 Å². The zero-order chi connectivity index (χ0) is 12.5. The number of benzene rings is 1. The highest BCUT2D eigenvalue weighted by Crippen LogP contribution is 2.40. The summed E-state index contributed by atoms with van der Waals surface area (Å²) in [6, 6.07) is 4.55. The van der Waals surface area contributed by atoms with Crippen molar-refractivity contribution in [2.45, 2.75) is 19.5 Å². The smallest absolute Gasteiger partial charge is 0.231 e. The molecule has 0 spiro atoms. The Balaban J connectivity index is 1.78. The van der Waals surface area contributed by atoms with Gasteiger partial charge >= 0.3 is 0 Å². The van der Waals surface area contributed by atoms with Crippen molar-refractivity contribution in [1.82, 2.24) is 10.2 Å². The third-order valence-corrected chi connectivity index (χ3v) is 3.79. The predicted octanol–water partition coefficient (Wildman–Crippen LogP) is 1.86. The molecule has 1 aromatic rings. The summed E-state index contributed by atoms with van der Waals surface area (Å²) in [6.07, 6.45) is 0. The fourth-order valence-electron chi connectivity index (χ4n) is 2.46. The van der Waals surface area contributed by atoms with Crippen LogP contribution in [0.3, 0.4) is 0 Å². The monoisotopic (exact) mass is 268 g/mol. The van der Waals surface area contributed by atoms with Gasteiger partial charge in [-0.3, -0.25) is 4.90 Å². The van der Waals surface area contributed by atoms with E-state index in [0.717, 1.165) is 31.9 Å². The maximum Gasteiger partial charge on any atom is 0.231 e. The number of ether oxygens (including phenoxy) is 2. The van der Waals surface area contributed by atoms with Crippen LogP contribution in [0.1, 0.15) is 12.5 Å². The molecule has 18 heavy (non-hydrogen) atoms. The third kappa shape index (κ3) is 2.28. The van der Waals surface area contributed by atoms with E-state index in [2.05, 4.69) is 17.1 Å². The van der Waals surface area contributed by atoms with Crippen molar-refractivity contribution in [1.29, 1.82) is 0 Å². The lowest BCUT2D eigenvalue weighted by atomic mass is 10.1. The summed E-state index contributed by atoms with van der Waals surface area (Å²) in [6.45, 7) is 6.55. The first kappa shape index (κ1) is 12.1. The Bertz CT molecular complexity index is 453. The van der Waals surface area contributed by atoms with E-state index >= 15 is 0 Å². The van der Waals surface area contributed by atoms with Gasteiger partial charge in [-0.15, -0.1) is 0 Å². The maximum atomic E-state index is 6.19. The normalized spacial score (nSPS) is 23.3. The van der Waals surface area contributed by atoms with Crippen LogP contribution >= 0.6 is 11.6 Å². The molecule has 98 valence electrons. The van der Waals surface area contributed by atoms with Gasteiger partial charge in [0.1, 0.15) is 0 Å². The quantitative estimate of drug-likeness (QED) is 0.888. The molecule has 3 rings (SSSR count). The molecule has 1 saturated heterocycles. The average molecular weight is 269 g/mol. The molecule has 2 heterocycles. The number of hydrogen-bond acceptors (Lipinski definition) is 4. The van der Waals surface area contributed by atoms with Gasteiger partial charge in [-0.05, 0) is 24.6 Å². The van der Waals surface area contributed by atoms with E-state index in [1.165, 1.54) is 5.56 Å². The summed E-state index contributed by atoms with van der Waals surface area (Å²) in [5, 5.41) is 4.03. The lowest BCUT2D eigenvalue weighted by Gasteiger charge is -2.33. The molecular weight excluding hydrogens is 252 g/mol. The van der Waals surface area contributed by atoms with Crippen LogP contribution in [0.25, 0.3) is 0 Å². The van der Waals surface area contributed by atoms with Crippen molar-refractivity contribution in [2.75, 3.05) is 26.4 Å². The average Bonchev–Trinajstić information content (AvgIpc) is 2.81. The predicted molar refractivity (Wildman–Crippen MR) is 70.3 cm³/mol. The van der Waals surface area contributed by atoms with E-state index in [1.807, 2.05) is 12.1 Å². The Morgan fingerprint density at radius 1 is 1.44 bits per heavy atom. The molecule has 0 aliphatic carbocycles. The Hall–Kier alpha value is -0.970. The van der Waals surface area contributed by atoms with Crippen LogP contribution in [0.2, 0.25) is 5.02 Å². The molecule has 0 amide bonds. The molecule has 1 fully saturated rings. The van der Waals surface area contributed by atoms with Gasteiger partial charge in [-0.2, -0.15) is 0 Å². The fourth-order valence-corrected chi connectivity index (χ4v) is 2.75. The summed E-state index contributed by atoms with van der Waals surface area (Å²) in [5.74, 6) is 1.44. The van der Waals surface area contributed by atoms with Gasteiger partial charge in [0.2, 0.25) is 6.79 Å². The second-order valence-electron chi connectivity index (χ2n) is 4.84. The third-order valence-electron chi connectivity index (χ3n) is 3.51. The van der Waals surface area contributed by atoms with Gasteiger partial charge in [-0.25, -0.2) is 0 Å². The lowest BCUT2D eigenvalue weighted by molar-refractivity contribution is 0.165. The Morgan fingerprint density at radius 3 is 3.17 bits per heavy atom. The number of fused-ring (bicyclic) bond motifs is 1. The van der Waals surface area contributed by atoms with Gasteiger partial charge in [0.05, 0.1) is 5.02 Å². The molecule has 0 bridgehead atoms. The van der Waals surface area contributed by atoms with Crippen molar-refractivity contribution in [3.8, 4) is 11.5 Å². The summed E-state index contributed by atoms with van der Waals surface area (Å²) in [4.78, 5) is 2.45. The minimum atomic E-state index is 0.266. The van der Waals surface area contributed by atoms with Crippen LogP contribution in [0.15, 0.2) is 12.1 Å². The topological polar surface area (TPSA) is 33.7 Å². The SMILES string of the molecule is C[C@@H]1CNCCN1Cc1cc(Cl)c2c(c1)OCO2. The van der Waals surface area contributed by atoms with Crippen molar-refractivity contribution >= 4 is 11.6 Å². The van der Waals surface area contributed by atoms with E-state index in [1.54, 1.807) is 0 Å². The van der Waals surface area contributed by atoms with Crippen LogP contribution in [0.5, 0.6) is 11.5 Å². The summed E-state index contributed by atoms with van der Waals surface area (Å²) in [5.41, 5.74) is 1.18. The van der Waals surface area contributed by atoms with Crippen molar-refractivity contribution < 1.29 is 9.47 Å². The fraction of sp³-hybridized carbons (Fsp3) is 0.538. The maximum absolute atomic E-state index is 6.19. The number of nitrogens with one attached hydrogen (secondary N) is 1. The van der Waals surface area contributed by atoms with E-state index in [0.29, 0.717) is 16.8 Å². The van der Waals surface area contributed by atoms with E-state index < -0.39 is 0 Å². The second-order valence-corrected chi connectivity index (χ2v) is 5.24. The molecule has 1 atom stereocenters. The largest absolute Gasteiger partial charge is 0.454 e. The molecular formula is C13H17ClN2O2. The van der Waals surface area contributed by atoms with E-state index in [4.69, 9.17) is 21.1 Å². The molecule has 0 aromatic heterocycles. The highest BCUT2D eigenvalue weighted by molar-refractivity contribution is 6.32. The minimum Gasteiger partial charge on any atom is -0.454 e. The second kappa shape index (κ2) is 4.96. The highest BCUT2D eigenvalue weighted by Gasteiger charge is 2.21. The molecule has 1 aromatic carbocycles. The molecule has 1 N–H and O–H groups in total. The molecule has 0 saturated carbocycles. The van der Waals surface area contributed by atoms with Crippen molar-refractivity contribution in [3.05, 3.63) is 22.7 Å². The van der Waals surface area contributed by atoms with Crippen LogP contribution < -0.4 is 14.8 Å². The summed E-state index contributed by atoms with van der Waals surface area (Å²) < 4.78 is 10.7. The summed E-state index contributed by atoms with van der Waals surface area (Å²) >= 11 is 6.19. The minimum absolute atomic E-state index is 0.266. The van der Waals surface area contributed by atoms with E-state index in [-0.39, 0.29) is 6.79 Å². The Kier molecular flexibility index (Phi) is 3.33. The highest BCUT2D eigenvalue weighted by atomic mass is 35.5. The number of piperazine rings is 1. The number of rotatable bonds is 2. The zero-order valence-corrected chi connectivity index (χ0v) is 11.2. The van der Waals surface area contributed by atoms with Gasteiger partial charge < -0.3 is 14.8 Å². The zero-order valence-electron chi connectivity index (χ0n) is 10.4. The van der Waals surface area contributed by atoms with Gasteiger partial charge in [0.15, 0.2) is 11.5 Å². The first-order valence-electron chi connectivity index (χ1n) is 6.27. The van der Waals surface area contributed by atoms with Crippen molar-refractivity contribution in [3.63, 3.8) is 0 Å². The molecule has 2 aliphatic heterocycles. The van der Waals surface area contributed by atoms with Crippen molar-refractivity contribution in [2.24, 2.45) is 0 Å². The van der Waals surface area contributed by atoms with Gasteiger partial charge in [-0.1, -0.05) is 11.6 Å². The first-order chi connectivity index (χ1) is 8.74. The molecule has 5 heteroatoms. The van der Waals surface area contributed by atoms with Crippen LogP contribution in [-0.4, -0.2) is 37.4 Å². The van der Waals surface area contributed by atoms with Crippen LogP contribution in [0.4, 0.5) is 0 Å². The Labute approximate surface area is 112 Å². The van der Waals surface area contributed by atoms with Crippen LogP contribution in [-0.2, 0) is 6.54 Å². The Morgan fingerprint density at radius 2 is 2.33 bits per heavy atom. The molecule has 4 nitrogen and oxygen atoms in total. The first-order valence-corrected chi connectivity index (χ1v) is 6.64. The number of halogens is 1. The summed E-state index contributed by atoms with van der Waals surface area (Å²) in [7, 11) is 0. The standard InChI is InChI=1S/C13H17ClN2O2/c1-9-6-15-2-3-16(9)7-10-4-11(14)13-12(5-10)17-8-18-13/h4-5,9,15H,2-3,6-8H2,1H3/t9-/m1/s1. The number of nitrogens with zero attached hydrogens (tertiary/aromatic N) is 1. The van der Waals surface area contributed by atoms with Crippen LogP contribution in [0, 0.1) is 0 Å². The molecule has 2 aliphatic rings. The van der Waals surface area contributed by atoms with E-state index in [9.17, 15) is 0 Å². The molecule has 0 radical (unpaired) electrons. The lowest BCUT2D eigenvalue weighted by Crippen LogP contribution is -2.49. The molecule has 0 unspecified atom stereocenters.